The van der Waals surface area contributed by atoms with Crippen molar-refractivity contribution in [3.8, 4) is 5.75 Å². The molecule has 1 saturated heterocycles. The molecule has 1 heterocycles. The number of hydrogen-bond acceptors (Lipinski definition) is 5. The molecule has 1 aliphatic rings. The van der Waals surface area contributed by atoms with Crippen LogP contribution in [0.3, 0.4) is 0 Å². The maximum Gasteiger partial charge on any atom is 0.124 e. The minimum absolute atomic E-state index is 0.175. The number of ether oxygens (including phenoxy) is 3. The third kappa shape index (κ3) is 4.68. The molecule has 0 amide bonds. The van der Waals surface area contributed by atoms with Crippen molar-refractivity contribution in [1.82, 2.24) is 4.90 Å². The number of benzene rings is 1. The van der Waals surface area contributed by atoms with Crippen LogP contribution in [0.25, 0.3) is 0 Å². The Kier molecular flexibility index (Phi) is 6.45. The second kappa shape index (κ2) is 8.34. The zero-order valence-corrected chi connectivity index (χ0v) is 12.9. The molecule has 0 bridgehead atoms. The SMILES string of the molecule is COCc1cc(CN2CCOC[C@@H](CO)C2)ccc1OC. The summed E-state index contributed by atoms with van der Waals surface area (Å²) >= 11 is 0. The zero-order valence-electron chi connectivity index (χ0n) is 12.9. The molecule has 0 unspecified atom stereocenters. The summed E-state index contributed by atoms with van der Waals surface area (Å²) < 4.78 is 16.1. The van der Waals surface area contributed by atoms with Gasteiger partial charge in [-0.25, -0.2) is 0 Å². The van der Waals surface area contributed by atoms with Crippen LogP contribution >= 0.6 is 0 Å². The number of hydrogen-bond donors (Lipinski definition) is 1. The van der Waals surface area contributed by atoms with Crippen LogP contribution in [0.5, 0.6) is 5.75 Å². The minimum atomic E-state index is 0.175. The number of aliphatic hydroxyl groups excluding tert-OH is 1. The van der Waals surface area contributed by atoms with Crippen LogP contribution in [-0.4, -0.2) is 57.1 Å². The maximum atomic E-state index is 9.34. The van der Waals surface area contributed by atoms with Gasteiger partial charge in [0.05, 0.1) is 26.9 Å². The molecule has 0 spiro atoms. The van der Waals surface area contributed by atoms with E-state index in [1.807, 2.05) is 6.07 Å². The predicted octanol–water partition coefficient (Wildman–Crippen LogP) is 1.28. The lowest BCUT2D eigenvalue weighted by Gasteiger charge is -2.22. The molecular formula is C16H25NO4. The molecule has 5 heteroatoms. The monoisotopic (exact) mass is 295 g/mol. The first kappa shape index (κ1) is 16.2. The van der Waals surface area contributed by atoms with Gasteiger partial charge in [0, 0.05) is 44.8 Å². The topological polar surface area (TPSA) is 51.2 Å². The van der Waals surface area contributed by atoms with Crippen LogP contribution in [0.4, 0.5) is 0 Å². The lowest BCUT2D eigenvalue weighted by atomic mass is 10.1. The molecule has 2 rings (SSSR count). The van der Waals surface area contributed by atoms with Gasteiger partial charge in [0.25, 0.3) is 0 Å². The van der Waals surface area contributed by atoms with E-state index in [2.05, 4.69) is 17.0 Å². The van der Waals surface area contributed by atoms with Crippen molar-refractivity contribution in [2.24, 2.45) is 5.92 Å². The number of nitrogens with zero attached hydrogens (tertiary/aromatic N) is 1. The van der Waals surface area contributed by atoms with Crippen LogP contribution < -0.4 is 4.74 Å². The van der Waals surface area contributed by atoms with Crippen molar-refractivity contribution in [3.05, 3.63) is 29.3 Å². The zero-order chi connectivity index (χ0) is 15.1. The molecular weight excluding hydrogens is 270 g/mol. The van der Waals surface area contributed by atoms with Crippen LogP contribution in [-0.2, 0) is 22.6 Å². The molecule has 0 saturated carbocycles. The van der Waals surface area contributed by atoms with E-state index in [9.17, 15) is 5.11 Å². The average molecular weight is 295 g/mol. The quantitative estimate of drug-likeness (QED) is 0.857. The lowest BCUT2D eigenvalue weighted by Crippen LogP contribution is -2.31. The highest BCUT2D eigenvalue weighted by atomic mass is 16.5. The largest absolute Gasteiger partial charge is 0.496 e. The fourth-order valence-corrected chi connectivity index (χ4v) is 2.66. The number of methoxy groups -OCH3 is 2. The third-order valence-corrected chi connectivity index (χ3v) is 3.73. The smallest absolute Gasteiger partial charge is 0.124 e. The van der Waals surface area contributed by atoms with Crippen molar-refractivity contribution in [2.45, 2.75) is 13.2 Å². The Labute approximate surface area is 126 Å². The van der Waals surface area contributed by atoms with Gasteiger partial charge < -0.3 is 19.3 Å². The normalized spacial score (nSPS) is 20.2. The van der Waals surface area contributed by atoms with Crippen LogP contribution in [0, 0.1) is 5.92 Å². The Bertz CT molecular complexity index is 438. The van der Waals surface area contributed by atoms with Gasteiger partial charge >= 0.3 is 0 Å². The highest BCUT2D eigenvalue weighted by Gasteiger charge is 2.18. The minimum Gasteiger partial charge on any atom is -0.496 e. The van der Waals surface area contributed by atoms with E-state index in [1.165, 1.54) is 5.56 Å². The summed E-state index contributed by atoms with van der Waals surface area (Å²) in [5.74, 6) is 1.05. The van der Waals surface area contributed by atoms with E-state index >= 15 is 0 Å². The van der Waals surface area contributed by atoms with E-state index in [-0.39, 0.29) is 12.5 Å². The van der Waals surface area contributed by atoms with Gasteiger partial charge in [0.2, 0.25) is 0 Å². The van der Waals surface area contributed by atoms with Crippen LogP contribution in [0.2, 0.25) is 0 Å². The summed E-state index contributed by atoms with van der Waals surface area (Å²) in [6.45, 7) is 4.68. The van der Waals surface area contributed by atoms with Gasteiger partial charge in [-0.3, -0.25) is 4.90 Å². The van der Waals surface area contributed by atoms with Crippen molar-refractivity contribution < 1.29 is 19.3 Å². The van der Waals surface area contributed by atoms with Gasteiger partial charge in [0.15, 0.2) is 0 Å². The van der Waals surface area contributed by atoms with E-state index < -0.39 is 0 Å². The molecule has 1 aromatic carbocycles. The Morgan fingerprint density at radius 2 is 2.24 bits per heavy atom. The summed E-state index contributed by atoms with van der Waals surface area (Å²) in [4.78, 5) is 2.33. The van der Waals surface area contributed by atoms with E-state index in [4.69, 9.17) is 14.2 Å². The highest BCUT2D eigenvalue weighted by Crippen LogP contribution is 2.22. The van der Waals surface area contributed by atoms with Crippen molar-refractivity contribution in [1.29, 1.82) is 0 Å². The molecule has 1 aliphatic heterocycles. The molecule has 118 valence electrons. The summed E-state index contributed by atoms with van der Waals surface area (Å²) in [5, 5.41) is 9.34. The standard InChI is InChI=1S/C16H25NO4/c1-19-12-15-7-13(3-4-16(15)20-2)8-17-5-6-21-11-14(9-17)10-18/h3-4,7,14,18H,5-6,8-12H2,1-2H3/t14-/m1/s1. The molecule has 5 nitrogen and oxygen atoms in total. The van der Waals surface area contributed by atoms with Gasteiger partial charge in [-0.2, -0.15) is 0 Å². The molecule has 0 aromatic heterocycles. The summed E-state index contributed by atoms with van der Waals surface area (Å²) in [6, 6.07) is 6.20. The van der Waals surface area contributed by atoms with E-state index in [0.717, 1.165) is 37.6 Å². The first-order valence-corrected chi connectivity index (χ1v) is 7.32. The van der Waals surface area contributed by atoms with Crippen LogP contribution in [0.15, 0.2) is 18.2 Å². The van der Waals surface area contributed by atoms with Gasteiger partial charge in [-0.15, -0.1) is 0 Å². The first-order valence-electron chi connectivity index (χ1n) is 7.32. The average Bonchev–Trinajstić information content (AvgIpc) is 2.73. The summed E-state index contributed by atoms with van der Waals surface area (Å²) in [6.07, 6.45) is 0. The Morgan fingerprint density at radius 1 is 1.38 bits per heavy atom. The molecule has 0 aliphatic carbocycles. The maximum absolute atomic E-state index is 9.34. The first-order chi connectivity index (χ1) is 10.3. The van der Waals surface area contributed by atoms with Gasteiger partial charge in [-0.05, 0) is 17.7 Å². The summed E-state index contributed by atoms with van der Waals surface area (Å²) in [7, 11) is 3.36. The lowest BCUT2D eigenvalue weighted by molar-refractivity contribution is 0.0958. The van der Waals surface area contributed by atoms with Gasteiger partial charge in [0.1, 0.15) is 5.75 Å². The van der Waals surface area contributed by atoms with E-state index in [0.29, 0.717) is 13.2 Å². The second-order valence-corrected chi connectivity index (χ2v) is 5.44. The molecule has 1 aromatic rings. The molecule has 0 radical (unpaired) electrons. The van der Waals surface area contributed by atoms with E-state index in [1.54, 1.807) is 14.2 Å². The Hall–Kier alpha value is -1.14. The van der Waals surface area contributed by atoms with Crippen molar-refractivity contribution in [3.63, 3.8) is 0 Å². The van der Waals surface area contributed by atoms with Crippen molar-refractivity contribution >= 4 is 0 Å². The third-order valence-electron chi connectivity index (χ3n) is 3.73. The Morgan fingerprint density at radius 3 is 2.95 bits per heavy atom. The van der Waals surface area contributed by atoms with Crippen molar-refractivity contribution in [2.75, 3.05) is 47.1 Å². The molecule has 1 atom stereocenters. The second-order valence-electron chi connectivity index (χ2n) is 5.44. The van der Waals surface area contributed by atoms with Gasteiger partial charge in [-0.1, -0.05) is 6.07 Å². The highest BCUT2D eigenvalue weighted by molar-refractivity contribution is 5.36. The molecule has 1 fully saturated rings. The number of rotatable bonds is 6. The molecule has 21 heavy (non-hydrogen) atoms. The fourth-order valence-electron chi connectivity index (χ4n) is 2.66. The Balaban J connectivity index is 2.05. The predicted molar refractivity (Wildman–Crippen MR) is 80.4 cm³/mol. The number of aliphatic hydroxyl groups is 1. The summed E-state index contributed by atoms with van der Waals surface area (Å²) in [5.41, 5.74) is 2.28. The van der Waals surface area contributed by atoms with Crippen LogP contribution in [0.1, 0.15) is 11.1 Å². The fraction of sp³-hybridized carbons (Fsp3) is 0.625. The molecule has 1 N–H and O–H groups in total.